The predicted octanol–water partition coefficient (Wildman–Crippen LogP) is 2.68. The van der Waals surface area contributed by atoms with E-state index >= 15 is 0 Å². The Bertz CT molecular complexity index is 496. The highest BCUT2D eigenvalue weighted by Crippen LogP contribution is 2.36. The van der Waals surface area contributed by atoms with Crippen LogP contribution >= 0.6 is 11.8 Å². The van der Waals surface area contributed by atoms with Gasteiger partial charge in [-0.15, -0.1) is 11.8 Å². The van der Waals surface area contributed by atoms with Crippen molar-refractivity contribution in [2.45, 2.75) is 43.1 Å². The zero-order valence-electron chi connectivity index (χ0n) is 11.6. The van der Waals surface area contributed by atoms with E-state index in [1.807, 2.05) is 25.1 Å². The van der Waals surface area contributed by atoms with Crippen LogP contribution in [0.1, 0.15) is 31.2 Å². The van der Waals surface area contributed by atoms with Crippen LogP contribution in [0.5, 0.6) is 0 Å². The molecule has 1 aromatic carbocycles. The Balaban J connectivity index is 1.90. The number of nitrogen functional groups attached to an aromatic ring is 1. The summed E-state index contributed by atoms with van der Waals surface area (Å²) in [5.74, 6) is -0.434. The van der Waals surface area contributed by atoms with Gasteiger partial charge in [-0.2, -0.15) is 0 Å². The first-order valence-electron chi connectivity index (χ1n) is 6.84. The standard InChI is InChI=1S/C15H21NO3S/c1-10-8-12(2-3-13(10)16)20-9-15(19)6-4-11(5-7-15)14(17)18/h2-3,8,11,19H,4-7,9,16H2,1H3,(H,17,18). The first kappa shape index (κ1) is 15.2. The van der Waals surface area contributed by atoms with E-state index in [0.29, 0.717) is 31.4 Å². The van der Waals surface area contributed by atoms with Gasteiger partial charge in [0.25, 0.3) is 0 Å². The molecular formula is C15H21NO3S. The molecule has 2 rings (SSSR count). The van der Waals surface area contributed by atoms with Crippen molar-refractivity contribution >= 4 is 23.4 Å². The number of carboxylic acids is 1. The molecule has 0 aliphatic heterocycles. The van der Waals surface area contributed by atoms with E-state index in [-0.39, 0.29) is 5.92 Å². The molecule has 1 aliphatic rings. The van der Waals surface area contributed by atoms with Gasteiger partial charge in [-0.1, -0.05) is 0 Å². The van der Waals surface area contributed by atoms with Gasteiger partial charge in [-0.3, -0.25) is 4.79 Å². The maximum atomic E-state index is 10.9. The van der Waals surface area contributed by atoms with E-state index in [0.717, 1.165) is 16.1 Å². The Hall–Kier alpha value is -1.20. The van der Waals surface area contributed by atoms with Gasteiger partial charge in [0.2, 0.25) is 0 Å². The van der Waals surface area contributed by atoms with Gasteiger partial charge in [-0.05, 0) is 56.4 Å². The lowest BCUT2D eigenvalue weighted by atomic mass is 9.80. The lowest BCUT2D eigenvalue weighted by Crippen LogP contribution is -2.38. The summed E-state index contributed by atoms with van der Waals surface area (Å²) < 4.78 is 0. The van der Waals surface area contributed by atoms with Crippen LogP contribution in [0.15, 0.2) is 23.1 Å². The van der Waals surface area contributed by atoms with Gasteiger partial charge in [0.05, 0.1) is 11.5 Å². The number of hydrogen-bond acceptors (Lipinski definition) is 4. The number of benzene rings is 1. The molecule has 5 heteroatoms. The maximum absolute atomic E-state index is 10.9. The lowest BCUT2D eigenvalue weighted by molar-refractivity contribution is -0.144. The molecule has 20 heavy (non-hydrogen) atoms. The Labute approximate surface area is 123 Å². The van der Waals surface area contributed by atoms with Crippen molar-refractivity contribution in [3.8, 4) is 0 Å². The molecule has 0 amide bonds. The normalized spacial score (nSPS) is 26.4. The minimum Gasteiger partial charge on any atom is -0.481 e. The van der Waals surface area contributed by atoms with Gasteiger partial charge < -0.3 is 15.9 Å². The molecule has 1 aliphatic carbocycles. The van der Waals surface area contributed by atoms with Gasteiger partial charge in [0.1, 0.15) is 0 Å². The van der Waals surface area contributed by atoms with E-state index < -0.39 is 11.6 Å². The fraction of sp³-hybridized carbons (Fsp3) is 0.533. The second-order valence-corrected chi connectivity index (χ2v) is 6.69. The number of thioether (sulfide) groups is 1. The van der Waals surface area contributed by atoms with E-state index in [4.69, 9.17) is 10.8 Å². The topological polar surface area (TPSA) is 83.5 Å². The zero-order chi connectivity index (χ0) is 14.8. The summed E-state index contributed by atoms with van der Waals surface area (Å²) >= 11 is 1.61. The van der Waals surface area contributed by atoms with E-state index in [2.05, 4.69) is 0 Å². The van der Waals surface area contributed by atoms with Crippen molar-refractivity contribution in [3.05, 3.63) is 23.8 Å². The highest BCUT2D eigenvalue weighted by atomic mass is 32.2. The molecule has 1 aromatic rings. The summed E-state index contributed by atoms with van der Waals surface area (Å²) in [4.78, 5) is 12.0. The van der Waals surface area contributed by atoms with E-state index in [1.165, 1.54) is 0 Å². The highest BCUT2D eigenvalue weighted by molar-refractivity contribution is 7.99. The van der Waals surface area contributed by atoms with Crippen LogP contribution in [-0.2, 0) is 4.79 Å². The van der Waals surface area contributed by atoms with Crippen LogP contribution < -0.4 is 5.73 Å². The third-order valence-corrected chi connectivity index (χ3v) is 5.28. The van der Waals surface area contributed by atoms with Gasteiger partial charge in [-0.25, -0.2) is 0 Å². The van der Waals surface area contributed by atoms with Crippen molar-refractivity contribution in [3.63, 3.8) is 0 Å². The predicted molar refractivity (Wildman–Crippen MR) is 80.9 cm³/mol. The van der Waals surface area contributed by atoms with Crippen LogP contribution in [0.2, 0.25) is 0 Å². The minimum absolute atomic E-state index is 0.293. The summed E-state index contributed by atoms with van der Waals surface area (Å²) in [5.41, 5.74) is 6.85. The van der Waals surface area contributed by atoms with Gasteiger partial charge in [0.15, 0.2) is 0 Å². The number of aliphatic carboxylic acids is 1. The first-order chi connectivity index (χ1) is 9.39. The monoisotopic (exact) mass is 295 g/mol. The van der Waals surface area contributed by atoms with Crippen LogP contribution in [0.4, 0.5) is 5.69 Å². The Morgan fingerprint density at radius 2 is 2.10 bits per heavy atom. The van der Waals surface area contributed by atoms with Crippen LogP contribution in [0.25, 0.3) is 0 Å². The summed E-state index contributed by atoms with van der Waals surface area (Å²) in [6.07, 6.45) is 2.25. The molecule has 0 unspecified atom stereocenters. The summed E-state index contributed by atoms with van der Waals surface area (Å²) in [6.45, 7) is 1.96. The van der Waals surface area contributed by atoms with Gasteiger partial charge in [0, 0.05) is 16.3 Å². The number of aliphatic hydroxyl groups is 1. The van der Waals surface area contributed by atoms with Crippen molar-refractivity contribution in [1.29, 1.82) is 0 Å². The number of carbonyl (C=O) groups is 1. The van der Waals surface area contributed by atoms with Crippen LogP contribution in [0, 0.1) is 12.8 Å². The molecule has 1 saturated carbocycles. The average Bonchev–Trinajstić information content (AvgIpc) is 2.41. The third-order valence-electron chi connectivity index (χ3n) is 4.01. The fourth-order valence-corrected chi connectivity index (χ4v) is 3.65. The van der Waals surface area contributed by atoms with E-state index in [1.54, 1.807) is 11.8 Å². The second-order valence-electron chi connectivity index (χ2n) is 5.64. The molecule has 110 valence electrons. The number of carboxylic acid groups (broad SMARTS) is 1. The highest BCUT2D eigenvalue weighted by Gasteiger charge is 2.35. The molecule has 0 atom stereocenters. The van der Waals surface area contributed by atoms with Crippen LogP contribution in [0.3, 0.4) is 0 Å². The Morgan fingerprint density at radius 1 is 1.45 bits per heavy atom. The largest absolute Gasteiger partial charge is 0.481 e. The number of rotatable bonds is 4. The van der Waals surface area contributed by atoms with Crippen molar-refractivity contribution in [1.82, 2.24) is 0 Å². The smallest absolute Gasteiger partial charge is 0.306 e. The average molecular weight is 295 g/mol. The van der Waals surface area contributed by atoms with Crippen molar-refractivity contribution in [2.75, 3.05) is 11.5 Å². The lowest BCUT2D eigenvalue weighted by Gasteiger charge is -2.34. The second kappa shape index (κ2) is 6.06. The number of anilines is 1. The first-order valence-corrected chi connectivity index (χ1v) is 7.82. The fourth-order valence-electron chi connectivity index (χ4n) is 2.50. The summed E-state index contributed by atoms with van der Waals surface area (Å²) in [6, 6.07) is 5.86. The summed E-state index contributed by atoms with van der Waals surface area (Å²) in [7, 11) is 0. The SMILES string of the molecule is Cc1cc(SCC2(O)CCC(C(=O)O)CC2)ccc1N. The quantitative estimate of drug-likeness (QED) is 0.587. The number of hydrogen-bond donors (Lipinski definition) is 3. The molecule has 4 N–H and O–H groups in total. The number of nitrogens with two attached hydrogens (primary N) is 1. The van der Waals surface area contributed by atoms with Gasteiger partial charge >= 0.3 is 5.97 Å². The van der Waals surface area contributed by atoms with Crippen LogP contribution in [-0.4, -0.2) is 27.5 Å². The Kier molecular flexibility index (Phi) is 4.60. The molecular weight excluding hydrogens is 274 g/mol. The van der Waals surface area contributed by atoms with Crippen molar-refractivity contribution < 1.29 is 15.0 Å². The number of aryl methyl sites for hydroxylation is 1. The zero-order valence-corrected chi connectivity index (χ0v) is 12.4. The molecule has 0 heterocycles. The third kappa shape index (κ3) is 3.67. The minimum atomic E-state index is -0.744. The molecule has 4 nitrogen and oxygen atoms in total. The molecule has 0 aromatic heterocycles. The maximum Gasteiger partial charge on any atom is 0.306 e. The molecule has 1 fully saturated rings. The molecule has 0 saturated heterocycles. The summed E-state index contributed by atoms with van der Waals surface area (Å²) in [5, 5.41) is 19.5. The molecule has 0 bridgehead atoms. The van der Waals surface area contributed by atoms with E-state index in [9.17, 15) is 9.90 Å². The Morgan fingerprint density at radius 3 is 2.65 bits per heavy atom. The molecule has 0 radical (unpaired) electrons. The van der Waals surface area contributed by atoms with Crippen molar-refractivity contribution in [2.24, 2.45) is 5.92 Å². The molecule has 0 spiro atoms.